The zero-order valence-corrected chi connectivity index (χ0v) is 8.17. The lowest BCUT2D eigenvalue weighted by Crippen LogP contribution is -2.23. The summed E-state index contributed by atoms with van der Waals surface area (Å²) < 4.78 is 2.26. The predicted molar refractivity (Wildman–Crippen MR) is 52.1 cm³/mol. The second-order valence-electron chi connectivity index (χ2n) is 3.32. The van der Waals surface area contributed by atoms with Crippen molar-refractivity contribution in [2.45, 2.75) is 39.9 Å². The van der Waals surface area contributed by atoms with Crippen molar-refractivity contribution < 1.29 is 0 Å². The van der Waals surface area contributed by atoms with Crippen molar-refractivity contribution in [1.29, 1.82) is 0 Å². The highest BCUT2D eigenvalue weighted by Gasteiger charge is 1.98. The van der Waals surface area contributed by atoms with Crippen molar-refractivity contribution in [2.75, 3.05) is 0 Å². The van der Waals surface area contributed by atoms with Crippen molar-refractivity contribution in [3.63, 3.8) is 0 Å². The molecule has 0 bridgehead atoms. The Kier molecular flexibility index (Phi) is 3.35. The topological polar surface area (TPSA) is 17.0 Å². The van der Waals surface area contributed by atoms with Crippen LogP contribution >= 0.6 is 0 Å². The van der Waals surface area contributed by atoms with E-state index >= 15 is 0 Å². The third-order valence-corrected chi connectivity index (χ3v) is 1.96. The molecule has 0 fully saturated rings. The van der Waals surface area contributed by atoms with Gasteiger partial charge in [0.2, 0.25) is 0 Å². The molecule has 0 spiro atoms. The third kappa shape index (κ3) is 2.38. The molecule has 0 amide bonds. The summed E-state index contributed by atoms with van der Waals surface area (Å²) in [5, 5.41) is 3.40. The van der Waals surface area contributed by atoms with Crippen LogP contribution in [0.4, 0.5) is 0 Å². The molecule has 1 aromatic heterocycles. The van der Waals surface area contributed by atoms with Gasteiger partial charge in [0.1, 0.15) is 0 Å². The van der Waals surface area contributed by atoms with Gasteiger partial charge >= 0.3 is 0 Å². The molecule has 1 heterocycles. The molecule has 2 heteroatoms. The lowest BCUT2D eigenvalue weighted by molar-refractivity contribution is 0.561. The van der Waals surface area contributed by atoms with Gasteiger partial charge in [-0.3, -0.25) is 0 Å². The summed E-state index contributed by atoms with van der Waals surface area (Å²) in [6.45, 7) is 8.53. The summed E-state index contributed by atoms with van der Waals surface area (Å²) >= 11 is 0. The minimum absolute atomic E-state index is 0.560. The molecule has 1 aromatic rings. The molecule has 1 rings (SSSR count). The van der Waals surface area contributed by atoms with Gasteiger partial charge in [-0.2, -0.15) is 0 Å². The molecule has 0 aliphatic carbocycles. The molecule has 0 radical (unpaired) electrons. The van der Waals surface area contributed by atoms with Crippen molar-refractivity contribution in [1.82, 2.24) is 9.88 Å². The minimum atomic E-state index is 0.560. The lowest BCUT2D eigenvalue weighted by atomic mass is 10.3. The monoisotopic (exact) mass is 166 g/mol. The van der Waals surface area contributed by atoms with Crippen LogP contribution in [0.3, 0.4) is 0 Å². The fourth-order valence-corrected chi connectivity index (χ4v) is 1.23. The van der Waals surface area contributed by atoms with Crippen molar-refractivity contribution in [2.24, 2.45) is 0 Å². The van der Waals surface area contributed by atoms with E-state index in [4.69, 9.17) is 0 Å². The van der Waals surface area contributed by atoms with Crippen molar-refractivity contribution in [3.8, 4) is 0 Å². The Morgan fingerprint density at radius 1 is 1.50 bits per heavy atom. The molecule has 0 aromatic carbocycles. The van der Waals surface area contributed by atoms with E-state index in [1.165, 1.54) is 5.69 Å². The molecule has 1 N–H and O–H groups in total. The highest BCUT2D eigenvalue weighted by Crippen LogP contribution is 2.01. The van der Waals surface area contributed by atoms with Gasteiger partial charge in [0, 0.05) is 31.0 Å². The maximum atomic E-state index is 3.40. The summed E-state index contributed by atoms with van der Waals surface area (Å²) in [4.78, 5) is 0. The quantitative estimate of drug-likeness (QED) is 0.724. The van der Waals surface area contributed by atoms with Gasteiger partial charge in [-0.25, -0.2) is 0 Å². The molecule has 0 atom stereocenters. The zero-order chi connectivity index (χ0) is 8.97. The summed E-state index contributed by atoms with van der Waals surface area (Å²) in [7, 11) is 0. The molecular formula is C10H18N2. The van der Waals surface area contributed by atoms with Crippen LogP contribution in [0.15, 0.2) is 18.3 Å². The van der Waals surface area contributed by atoms with Crippen molar-refractivity contribution >= 4 is 0 Å². The number of aryl methyl sites for hydroxylation is 1. The van der Waals surface area contributed by atoms with E-state index in [0.717, 1.165) is 13.1 Å². The Labute approximate surface area is 74.6 Å². The molecule has 2 nitrogen and oxygen atoms in total. The van der Waals surface area contributed by atoms with Crippen LogP contribution in [0, 0.1) is 0 Å². The molecule has 0 saturated carbocycles. The Morgan fingerprint density at radius 3 is 2.83 bits per heavy atom. The van der Waals surface area contributed by atoms with Gasteiger partial charge < -0.3 is 9.88 Å². The Bertz CT molecular complexity index is 225. The predicted octanol–water partition coefficient (Wildman–Crippen LogP) is 2.01. The molecule has 0 aliphatic heterocycles. The zero-order valence-electron chi connectivity index (χ0n) is 8.17. The van der Waals surface area contributed by atoms with E-state index in [1.807, 2.05) is 0 Å². The summed E-state index contributed by atoms with van der Waals surface area (Å²) in [6.07, 6.45) is 2.12. The number of aromatic nitrogens is 1. The van der Waals surface area contributed by atoms with Gasteiger partial charge in [0.05, 0.1) is 0 Å². The number of nitrogens with one attached hydrogen (secondary N) is 1. The maximum Gasteiger partial charge on any atom is 0.0361 e. The fourth-order valence-electron chi connectivity index (χ4n) is 1.23. The Morgan fingerprint density at radius 2 is 2.25 bits per heavy atom. The van der Waals surface area contributed by atoms with Gasteiger partial charge in [-0.15, -0.1) is 0 Å². The van der Waals surface area contributed by atoms with E-state index in [1.54, 1.807) is 0 Å². The molecule has 0 unspecified atom stereocenters. The first-order valence-corrected chi connectivity index (χ1v) is 4.61. The third-order valence-electron chi connectivity index (χ3n) is 1.96. The smallest absolute Gasteiger partial charge is 0.0361 e. The molecule has 12 heavy (non-hydrogen) atoms. The van der Waals surface area contributed by atoms with E-state index in [2.05, 4.69) is 49.0 Å². The largest absolute Gasteiger partial charge is 0.351 e. The van der Waals surface area contributed by atoms with Crippen molar-refractivity contribution in [3.05, 3.63) is 24.0 Å². The Hall–Kier alpha value is -0.760. The number of hydrogen-bond donors (Lipinski definition) is 1. The lowest BCUT2D eigenvalue weighted by Gasteiger charge is -2.10. The average molecular weight is 166 g/mol. The normalized spacial score (nSPS) is 11.0. The van der Waals surface area contributed by atoms with Crippen LogP contribution in [-0.4, -0.2) is 10.6 Å². The molecule has 68 valence electrons. The number of hydrogen-bond acceptors (Lipinski definition) is 1. The van der Waals surface area contributed by atoms with E-state index in [0.29, 0.717) is 6.04 Å². The first-order valence-electron chi connectivity index (χ1n) is 4.61. The van der Waals surface area contributed by atoms with Crippen LogP contribution in [0.1, 0.15) is 26.5 Å². The van der Waals surface area contributed by atoms with Gasteiger partial charge in [-0.05, 0) is 19.1 Å². The van der Waals surface area contributed by atoms with Gasteiger partial charge in [-0.1, -0.05) is 13.8 Å². The maximum absolute atomic E-state index is 3.40. The second kappa shape index (κ2) is 4.31. The number of rotatable bonds is 4. The van der Waals surface area contributed by atoms with Crippen LogP contribution in [0.2, 0.25) is 0 Å². The Balaban J connectivity index is 2.50. The fraction of sp³-hybridized carbons (Fsp3) is 0.600. The van der Waals surface area contributed by atoms with Crippen LogP contribution < -0.4 is 5.32 Å². The molecule has 0 saturated heterocycles. The SMILES string of the molecule is CCn1cccc1CNC(C)C. The van der Waals surface area contributed by atoms with E-state index in [-0.39, 0.29) is 0 Å². The van der Waals surface area contributed by atoms with Gasteiger partial charge in [0.15, 0.2) is 0 Å². The highest BCUT2D eigenvalue weighted by atomic mass is 15.0. The second-order valence-corrected chi connectivity index (χ2v) is 3.32. The average Bonchev–Trinajstić information content (AvgIpc) is 2.47. The number of nitrogens with zero attached hydrogens (tertiary/aromatic N) is 1. The summed E-state index contributed by atoms with van der Waals surface area (Å²) in [6, 6.07) is 4.82. The first-order chi connectivity index (χ1) is 5.74. The van der Waals surface area contributed by atoms with Gasteiger partial charge in [0.25, 0.3) is 0 Å². The van der Waals surface area contributed by atoms with Crippen LogP contribution in [0.5, 0.6) is 0 Å². The molecule has 0 aliphatic rings. The molecular weight excluding hydrogens is 148 g/mol. The summed E-state index contributed by atoms with van der Waals surface area (Å²) in [5.74, 6) is 0. The summed E-state index contributed by atoms with van der Waals surface area (Å²) in [5.41, 5.74) is 1.37. The first kappa shape index (κ1) is 9.33. The van der Waals surface area contributed by atoms with E-state index in [9.17, 15) is 0 Å². The van der Waals surface area contributed by atoms with Crippen LogP contribution in [0.25, 0.3) is 0 Å². The highest BCUT2D eigenvalue weighted by molar-refractivity contribution is 5.06. The standard InChI is InChI=1S/C10H18N2/c1-4-12-7-5-6-10(12)8-11-9(2)3/h5-7,9,11H,4,8H2,1-3H3. The van der Waals surface area contributed by atoms with Crippen LogP contribution in [-0.2, 0) is 13.1 Å². The minimum Gasteiger partial charge on any atom is -0.351 e. The van der Waals surface area contributed by atoms with E-state index < -0.39 is 0 Å².